The number of amides is 2. The fourth-order valence-corrected chi connectivity index (χ4v) is 2.75. The standard InChI is InChI=1S/C19H18N2O3/c1-13-14-7-3-4-8-15(14)19(23)21(13)12-11-18(22)20-16-9-5-6-10-17(16)24-2/h3-10H,1,11-12H2,2H3,(H,20,22). The maximum Gasteiger partial charge on any atom is 0.258 e. The highest BCUT2D eigenvalue weighted by Gasteiger charge is 2.30. The predicted octanol–water partition coefficient (Wildman–Crippen LogP) is 3.15. The van der Waals surface area contributed by atoms with Gasteiger partial charge in [0.1, 0.15) is 5.75 Å². The maximum absolute atomic E-state index is 12.4. The molecule has 24 heavy (non-hydrogen) atoms. The second-order valence-electron chi connectivity index (χ2n) is 5.45. The van der Waals surface area contributed by atoms with Crippen molar-refractivity contribution < 1.29 is 14.3 Å². The normalized spacial score (nSPS) is 13.0. The van der Waals surface area contributed by atoms with Crippen molar-refractivity contribution in [2.75, 3.05) is 19.0 Å². The van der Waals surface area contributed by atoms with E-state index in [1.165, 1.54) is 0 Å². The third-order valence-corrected chi connectivity index (χ3v) is 3.98. The van der Waals surface area contributed by atoms with Crippen LogP contribution in [-0.4, -0.2) is 30.4 Å². The molecular formula is C19H18N2O3. The molecule has 3 rings (SSSR count). The van der Waals surface area contributed by atoms with E-state index < -0.39 is 0 Å². The van der Waals surface area contributed by atoms with Crippen molar-refractivity contribution in [2.24, 2.45) is 0 Å². The molecule has 2 amide bonds. The van der Waals surface area contributed by atoms with Gasteiger partial charge in [0, 0.05) is 29.8 Å². The molecule has 0 bridgehead atoms. The first kappa shape index (κ1) is 15.8. The van der Waals surface area contributed by atoms with Gasteiger partial charge in [0.25, 0.3) is 5.91 Å². The van der Waals surface area contributed by atoms with Crippen LogP contribution in [-0.2, 0) is 4.79 Å². The van der Waals surface area contributed by atoms with E-state index in [9.17, 15) is 9.59 Å². The van der Waals surface area contributed by atoms with Gasteiger partial charge in [-0.3, -0.25) is 9.59 Å². The van der Waals surface area contributed by atoms with E-state index in [2.05, 4.69) is 11.9 Å². The molecule has 0 atom stereocenters. The Kier molecular flexibility index (Phi) is 4.33. The number of nitrogens with one attached hydrogen (secondary N) is 1. The predicted molar refractivity (Wildman–Crippen MR) is 92.8 cm³/mol. The molecule has 0 saturated carbocycles. The van der Waals surface area contributed by atoms with Gasteiger partial charge in [-0.2, -0.15) is 0 Å². The Morgan fingerprint density at radius 2 is 1.79 bits per heavy atom. The SMILES string of the molecule is C=C1c2ccccc2C(=O)N1CCC(=O)Nc1ccccc1OC. The van der Waals surface area contributed by atoms with Gasteiger partial charge in [-0.15, -0.1) is 0 Å². The smallest absolute Gasteiger partial charge is 0.258 e. The summed E-state index contributed by atoms with van der Waals surface area (Å²) >= 11 is 0. The van der Waals surface area contributed by atoms with Crippen LogP contribution < -0.4 is 10.1 Å². The Balaban J connectivity index is 1.63. The Bertz CT molecular complexity index is 779. The van der Waals surface area contributed by atoms with E-state index in [0.29, 0.717) is 22.7 Å². The lowest BCUT2D eigenvalue weighted by Gasteiger charge is -2.17. The summed E-state index contributed by atoms with van der Waals surface area (Å²) in [6.07, 6.45) is 0.177. The number of methoxy groups -OCH3 is 1. The number of hydrogen-bond acceptors (Lipinski definition) is 3. The van der Waals surface area contributed by atoms with Crippen LogP contribution in [0.15, 0.2) is 55.1 Å². The van der Waals surface area contributed by atoms with Crippen LogP contribution in [0, 0.1) is 0 Å². The summed E-state index contributed by atoms with van der Waals surface area (Å²) in [6, 6.07) is 14.5. The molecule has 1 aliphatic heterocycles. The highest BCUT2D eigenvalue weighted by Crippen LogP contribution is 2.31. The Morgan fingerprint density at radius 3 is 2.50 bits per heavy atom. The van der Waals surface area contributed by atoms with Gasteiger partial charge in [0.2, 0.25) is 5.91 Å². The topological polar surface area (TPSA) is 58.6 Å². The molecule has 122 valence electrons. The minimum Gasteiger partial charge on any atom is -0.495 e. The number of benzene rings is 2. The number of rotatable bonds is 5. The molecule has 0 aliphatic carbocycles. The Hall–Kier alpha value is -3.08. The molecular weight excluding hydrogens is 304 g/mol. The van der Waals surface area contributed by atoms with Gasteiger partial charge in [-0.25, -0.2) is 0 Å². The van der Waals surface area contributed by atoms with Crippen molar-refractivity contribution in [3.63, 3.8) is 0 Å². The van der Waals surface area contributed by atoms with Crippen LogP contribution in [0.4, 0.5) is 5.69 Å². The van der Waals surface area contributed by atoms with Gasteiger partial charge in [-0.05, 0) is 18.2 Å². The minimum atomic E-state index is -0.184. The molecule has 1 N–H and O–H groups in total. The number of carbonyl (C=O) groups is 2. The van der Waals surface area contributed by atoms with Crippen molar-refractivity contribution in [2.45, 2.75) is 6.42 Å². The zero-order valence-corrected chi connectivity index (χ0v) is 13.4. The Morgan fingerprint density at radius 1 is 1.12 bits per heavy atom. The van der Waals surface area contributed by atoms with E-state index >= 15 is 0 Å². The quantitative estimate of drug-likeness (QED) is 0.920. The van der Waals surface area contributed by atoms with Crippen molar-refractivity contribution >= 4 is 23.2 Å². The van der Waals surface area contributed by atoms with Crippen molar-refractivity contribution in [3.8, 4) is 5.75 Å². The van der Waals surface area contributed by atoms with E-state index in [1.54, 1.807) is 30.2 Å². The summed E-state index contributed by atoms with van der Waals surface area (Å²) < 4.78 is 5.21. The maximum atomic E-state index is 12.4. The minimum absolute atomic E-state index is 0.110. The first-order valence-electron chi connectivity index (χ1n) is 7.65. The molecule has 0 fully saturated rings. The molecule has 1 heterocycles. The second-order valence-corrected chi connectivity index (χ2v) is 5.45. The monoisotopic (exact) mass is 322 g/mol. The number of para-hydroxylation sites is 2. The lowest BCUT2D eigenvalue weighted by Crippen LogP contribution is -2.27. The Labute approximate surface area is 140 Å². The van der Waals surface area contributed by atoms with Crippen molar-refractivity contribution in [1.29, 1.82) is 0 Å². The highest BCUT2D eigenvalue weighted by molar-refractivity contribution is 6.09. The number of hydrogen-bond donors (Lipinski definition) is 1. The third kappa shape index (κ3) is 2.88. The van der Waals surface area contributed by atoms with E-state index in [0.717, 1.165) is 5.56 Å². The summed E-state index contributed by atoms with van der Waals surface area (Å²) in [6.45, 7) is 4.26. The summed E-state index contributed by atoms with van der Waals surface area (Å²) in [5, 5.41) is 2.80. The van der Waals surface area contributed by atoms with E-state index in [4.69, 9.17) is 4.74 Å². The molecule has 0 saturated heterocycles. The van der Waals surface area contributed by atoms with Crippen molar-refractivity contribution in [3.05, 3.63) is 66.2 Å². The largest absolute Gasteiger partial charge is 0.495 e. The van der Waals surface area contributed by atoms with E-state index in [1.807, 2.05) is 30.3 Å². The van der Waals surface area contributed by atoms with Crippen LogP contribution >= 0.6 is 0 Å². The fourth-order valence-electron chi connectivity index (χ4n) is 2.75. The van der Waals surface area contributed by atoms with Crippen LogP contribution in [0.3, 0.4) is 0 Å². The van der Waals surface area contributed by atoms with Gasteiger partial charge < -0.3 is 15.0 Å². The van der Waals surface area contributed by atoms with Crippen LogP contribution in [0.25, 0.3) is 5.70 Å². The van der Waals surface area contributed by atoms with Crippen LogP contribution in [0.1, 0.15) is 22.3 Å². The van der Waals surface area contributed by atoms with Crippen molar-refractivity contribution in [1.82, 2.24) is 4.90 Å². The number of carbonyl (C=O) groups excluding carboxylic acids is 2. The van der Waals surface area contributed by atoms with E-state index in [-0.39, 0.29) is 24.8 Å². The van der Waals surface area contributed by atoms with Crippen LogP contribution in [0.5, 0.6) is 5.75 Å². The second kappa shape index (κ2) is 6.58. The molecule has 0 aromatic heterocycles. The van der Waals surface area contributed by atoms with Gasteiger partial charge in [0.15, 0.2) is 0 Å². The number of anilines is 1. The fraction of sp³-hybridized carbons (Fsp3) is 0.158. The lowest BCUT2D eigenvalue weighted by molar-refractivity contribution is -0.116. The summed E-state index contributed by atoms with van der Waals surface area (Å²) in [7, 11) is 1.55. The molecule has 0 radical (unpaired) electrons. The highest BCUT2D eigenvalue weighted by atomic mass is 16.5. The summed E-state index contributed by atoms with van der Waals surface area (Å²) in [5.41, 5.74) is 2.71. The number of ether oxygens (including phenoxy) is 1. The summed E-state index contributed by atoms with van der Waals surface area (Å²) in [4.78, 5) is 26.1. The lowest BCUT2D eigenvalue weighted by atomic mass is 10.1. The average Bonchev–Trinajstić information content (AvgIpc) is 2.85. The molecule has 5 heteroatoms. The first-order valence-corrected chi connectivity index (χ1v) is 7.65. The molecule has 0 spiro atoms. The first-order chi connectivity index (χ1) is 11.6. The van der Waals surface area contributed by atoms with Gasteiger partial charge >= 0.3 is 0 Å². The summed E-state index contributed by atoms with van der Waals surface area (Å²) in [5.74, 6) is 0.302. The number of fused-ring (bicyclic) bond motifs is 1. The molecule has 1 aliphatic rings. The van der Waals surface area contributed by atoms with Gasteiger partial charge in [0.05, 0.1) is 12.8 Å². The average molecular weight is 322 g/mol. The van der Waals surface area contributed by atoms with Gasteiger partial charge in [-0.1, -0.05) is 36.9 Å². The zero-order valence-electron chi connectivity index (χ0n) is 13.4. The molecule has 2 aromatic carbocycles. The zero-order chi connectivity index (χ0) is 17.1. The third-order valence-electron chi connectivity index (χ3n) is 3.98. The molecule has 5 nitrogen and oxygen atoms in total. The molecule has 2 aromatic rings. The number of nitrogens with zero attached hydrogens (tertiary/aromatic N) is 1. The molecule has 0 unspecified atom stereocenters. The van der Waals surface area contributed by atoms with Crippen LogP contribution in [0.2, 0.25) is 0 Å².